The number of piperazine rings is 1. The molecule has 0 radical (unpaired) electrons. The molecule has 1 aliphatic carbocycles. The Balaban J connectivity index is 1.67. The smallest absolute Gasteiger partial charge is 0.246 e. The molecule has 0 aromatic carbocycles. The van der Waals surface area contributed by atoms with Gasteiger partial charge in [-0.05, 0) is 32.6 Å². The fourth-order valence-corrected chi connectivity index (χ4v) is 3.46. The van der Waals surface area contributed by atoms with Crippen LogP contribution in [0, 0.1) is 5.92 Å². The number of amides is 2. The van der Waals surface area contributed by atoms with Crippen LogP contribution in [-0.2, 0) is 19.1 Å². The number of carbonyl (C=O) groups is 2. The molecule has 7 nitrogen and oxygen atoms in total. The van der Waals surface area contributed by atoms with Crippen molar-refractivity contribution >= 4 is 11.8 Å². The minimum Gasteiger partial charge on any atom is -0.382 e. The topological polar surface area (TPSA) is 79.9 Å². The lowest BCUT2D eigenvalue weighted by atomic mass is 9.84. The van der Waals surface area contributed by atoms with E-state index in [0.717, 1.165) is 45.3 Å². The molecule has 1 saturated heterocycles. The van der Waals surface area contributed by atoms with E-state index >= 15 is 0 Å². The second-order valence-electron chi connectivity index (χ2n) is 6.75. The summed E-state index contributed by atoms with van der Waals surface area (Å²) in [5, 5.41) is 6.32. The molecule has 0 aromatic heterocycles. The normalized spacial score (nSPS) is 27.8. The fourth-order valence-electron chi connectivity index (χ4n) is 3.46. The summed E-state index contributed by atoms with van der Waals surface area (Å²) >= 11 is 0. The molecule has 2 aliphatic rings. The highest BCUT2D eigenvalue weighted by molar-refractivity contribution is 5.80. The Morgan fingerprint density at radius 3 is 2.62 bits per heavy atom. The predicted octanol–water partition coefficient (Wildman–Crippen LogP) is 0.145. The van der Waals surface area contributed by atoms with Crippen molar-refractivity contribution < 1.29 is 19.1 Å². The van der Waals surface area contributed by atoms with Gasteiger partial charge in [0.25, 0.3) is 0 Å². The first-order valence-corrected chi connectivity index (χ1v) is 8.99. The highest BCUT2D eigenvalue weighted by atomic mass is 16.5. The zero-order valence-electron chi connectivity index (χ0n) is 14.9. The maximum absolute atomic E-state index is 12.7. The Bertz CT molecular complexity index is 411. The van der Waals surface area contributed by atoms with Gasteiger partial charge in [-0.25, -0.2) is 0 Å². The van der Waals surface area contributed by atoms with Crippen LogP contribution in [0.25, 0.3) is 0 Å². The lowest BCUT2D eigenvalue weighted by Crippen LogP contribution is -2.54. The SMILES string of the molecule is COCCOCC(=O)NC1CCC(C(=O)N2CCNC[C@H]2C)CC1. The van der Waals surface area contributed by atoms with Gasteiger partial charge in [0, 0.05) is 44.7 Å². The van der Waals surface area contributed by atoms with Crippen molar-refractivity contribution in [1.82, 2.24) is 15.5 Å². The monoisotopic (exact) mass is 341 g/mol. The zero-order valence-corrected chi connectivity index (χ0v) is 14.9. The van der Waals surface area contributed by atoms with Crippen molar-refractivity contribution in [2.24, 2.45) is 5.92 Å². The standard InChI is InChI=1S/C17H31N3O4/c1-13-11-18-7-8-20(13)17(22)14-3-5-15(6-4-14)19-16(21)12-24-10-9-23-2/h13-15,18H,3-12H2,1-2H3,(H,19,21)/t13-,14?,15?/m1/s1. The molecular formula is C17H31N3O4. The number of nitrogens with zero attached hydrogens (tertiary/aromatic N) is 1. The molecule has 0 unspecified atom stereocenters. The molecular weight excluding hydrogens is 310 g/mol. The van der Waals surface area contributed by atoms with Crippen molar-refractivity contribution in [3.8, 4) is 0 Å². The van der Waals surface area contributed by atoms with E-state index < -0.39 is 0 Å². The van der Waals surface area contributed by atoms with Crippen LogP contribution in [0.1, 0.15) is 32.6 Å². The predicted molar refractivity (Wildman–Crippen MR) is 90.6 cm³/mol. The van der Waals surface area contributed by atoms with Crippen LogP contribution in [0.3, 0.4) is 0 Å². The Morgan fingerprint density at radius 1 is 1.21 bits per heavy atom. The van der Waals surface area contributed by atoms with Crippen LogP contribution >= 0.6 is 0 Å². The van der Waals surface area contributed by atoms with Crippen LogP contribution in [0.15, 0.2) is 0 Å². The molecule has 0 aromatic rings. The zero-order chi connectivity index (χ0) is 17.4. The van der Waals surface area contributed by atoms with Crippen LogP contribution in [0.4, 0.5) is 0 Å². The molecule has 1 heterocycles. The maximum atomic E-state index is 12.7. The van der Waals surface area contributed by atoms with E-state index in [1.807, 2.05) is 4.90 Å². The van der Waals surface area contributed by atoms with E-state index in [1.165, 1.54) is 0 Å². The summed E-state index contributed by atoms with van der Waals surface area (Å²) in [4.78, 5) is 26.5. The van der Waals surface area contributed by atoms with Crippen molar-refractivity contribution in [2.45, 2.75) is 44.7 Å². The highest BCUT2D eigenvalue weighted by Gasteiger charge is 2.32. The second-order valence-corrected chi connectivity index (χ2v) is 6.75. The molecule has 2 amide bonds. The number of carbonyl (C=O) groups excluding carboxylic acids is 2. The number of hydrogen-bond acceptors (Lipinski definition) is 5. The minimum absolute atomic E-state index is 0.0700. The lowest BCUT2D eigenvalue weighted by Gasteiger charge is -2.38. The van der Waals surface area contributed by atoms with Crippen molar-refractivity contribution in [3.63, 3.8) is 0 Å². The Labute approximate surface area is 144 Å². The summed E-state index contributed by atoms with van der Waals surface area (Å²) in [6, 6.07) is 0.431. The van der Waals surface area contributed by atoms with E-state index in [-0.39, 0.29) is 36.4 Å². The van der Waals surface area contributed by atoms with Gasteiger partial charge in [0.1, 0.15) is 6.61 Å². The fraction of sp³-hybridized carbons (Fsp3) is 0.882. The average Bonchev–Trinajstić information content (AvgIpc) is 2.59. The summed E-state index contributed by atoms with van der Waals surface area (Å²) < 4.78 is 10.1. The average molecular weight is 341 g/mol. The molecule has 1 aliphatic heterocycles. The maximum Gasteiger partial charge on any atom is 0.246 e. The summed E-state index contributed by atoms with van der Waals surface area (Å²) in [6.07, 6.45) is 3.43. The van der Waals surface area contributed by atoms with E-state index in [0.29, 0.717) is 13.2 Å². The molecule has 7 heteroatoms. The Morgan fingerprint density at radius 2 is 1.96 bits per heavy atom. The van der Waals surface area contributed by atoms with Crippen LogP contribution in [-0.4, -0.2) is 75.4 Å². The molecule has 2 N–H and O–H groups in total. The molecule has 24 heavy (non-hydrogen) atoms. The summed E-state index contributed by atoms with van der Waals surface area (Å²) in [5.74, 6) is 0.310. The molecule has 0 spiro atoms. The first-order chi connectivity index (χ1) is 11.6. The van der Waals surface area contributed by atoms with Gasteiger partial charge in [-0.3, -0.25) is 9.59 Å². The number of ether oxygens (including phenoxy) is 2. The number of nitrogens with one attached hydrogen (secondary N) is 2. The number of hydrogen-bond donors (Lipinski definition) is 2. The van der Waals surface area contributed by atoms with Gasteiger partial charge < -0.3 is 25.0 Å². The first kappa shape index (κ1) is 19.1. The van der Waals surface area contributed by atoms with E-state index in [9.17, 15) is 9.59 Å². The van der Waals surface area contributed by atoms with Crippen molar-refractivity contribution in [3.05, 3.63) is 0 Å². The molecule has 1 saturated carbocycles. The third-order valence-corrected chi connectivity index (χ3v) is 4.89. The molecule has 2 fully saturated rings. The van der Waals surface area contributed by atoms with Gasteiger partial charge >= 0.3 is 0 Å². The largest absolute Gasteiger partial charge is 0.382 e. The van der Waals surface area contributed by atoms with Crippen LogP contribution < -0.4 is 10.6 Å². The van der Waals surface area contributed by atoms with Gasteiger partial charge in [0.2, 0.25) is 11.8 Å². The summed E-state index contributed by atoms with van der Waals surface area (Å²) in [5.41, 5.74) is 0. The van der Waals surface area contributed by atoms with Gasteiger partial charge in [-0.1, -0.05) is 0 Å². The van der Waals surface area contributed by atoms with Crippen LogP contribution in [0.2, 0.25) is 0 Å². The third kappa shape index (κ3) is 5.72. The van der Waals surface area contributed by atoms with E-state index in [2.05, 4.69) is 17.6 Å². The van der Waals surface area contributed by atoms with Crippen molar-refractivity contribution in [1.29, 1.82) is 0 Å². The van der Waals surface area contributed by atoms with Gasteiger partial charge in [0.15, 0.2) is 0 Å². The number of rotatable bonds is 7. The molecule has 2 rings (SSSR count). The summed E-state index contributed by atoms with van der Waals surface area (Å²) in [6.45, 7) is 5.64. The quantitative estimate of drug-likeness (QED) is 0.644. The van der Waals surface area contributed by atoms with Gasteiger partial charge in [-0.15, -0.1) is 0 Å². The minimum atomic E-state index is -0.0865. The summed E-state index contributed by atoms with van der Waals surface area (Å²) in [7, 11) is 1.60. The molecule has 0 bridgehead atoms. The Kier molecular flexibility index (Phi) is 7.94. The van der Waals surface area contributed by atoms with E-state index in [1.54, 1.807) is 7.11 Å². The first-order valence-electron chi connectivity index (χ1n) is 8.99. The van der Waals surface area contributed by atoms with Crippen LogP contribution in [0.5, 0.6) is 0 Å². The second kappa shape index (κ2) is 9.96. The third-order valence-electron chi connectivity index (χ3n) is 4.89. The van der Waals surface area contributed by atoms with Gasteiger partial charge in [0.05, 0.1) is 13.2 Å². The highest BCUT2D eigenvalue weighted by Crippen LogP contribution is 2.27. The van der Waals surface area contributed by atoms with E-state index in [4.69, 9.17) is 9.47 Å². The van der Waals surface area contributed by atoms with Gasteiger partial charge in [-0.2, -0.15) is 0 Å². The lowest BCUT2D eigenvalue weighted by molar-refractivity contribution is -0.139. The van der Waals surface area contributed by atoms with Crippen molar-refractivity contribution in [2.75, 3.05) is 46.6 Å². The number of methoxy groups -OCH3 is 1. The molecule has 1 atom stereocenters. The molecule has 138 valence electrons. The Hall–Kier alpha value is -1.18.